The van der Waals surface area contributed by atoms with Crippen LogP contribution < -0.4 is 0 Å². The zero-order valence-electron chi connectivity index (χ0n) is 17.5. The monoisotopic (exact) mass is 428 g/mol. The molecule has 152 valence electrons. The van der Waals surface area contributed by atoms with E-state index in [1.54, 1.807) is 0 Å². The van der Waals surface area contributed by atoms with Crippen LogP contribution in [0.4, 0.5) is 0 Å². The third-order valence-corrected chi connectivity index (χ3v) is 6.85. The summed E-state index contributed by atoms with van der Waals surface area (Å²) in [6.07, 6.45) is 0. The Labute approximate surface area is 193 Å². The Kier molecular flexibility index (Phi) is 4.48. The van der Waals surface area contributed by atoms with Crippen LogP contribution in [-0.2, 0) is 5.41 Å². The number of halogens is 1. The second-order valence-corrected chi connectivity index (χ2v) is 8.70. The lowest BCUT2D eigenvalue weighted by Crippen LogP contribution is -2.28. The van der Waals surface area contributed by atoms with E-state index >= 15 is 0 Å². The van der Waals surface area contributed by atoms with Crippen molar-refractivity contribution in [3.05, 3.63) is 155 Å². The van der Waals surface area contributed by atoms with Crippen LogP contribution in [0.5, 0.6) is 0 Å². The van der Waals surface area contributed by atoms with E-state index in [2.05, 4.69) is 121 Å². The van der Waals surface area contributed by atoms with Crippen LogP contribution in [0.2, 0.25) is 5.02 Å². The summed E-state index contributed by atoms with van der Waals surface area (Å²) >= 11 is 6.55. The minimum Gasteiger partial charge on any atom is -0.0843 e. The number of fused-ring (bicyclic) bond motifs is 3. The highest BCUT2D eigenvalue weighted by molar-refractivity contribution is 6.30. The van der Waals surface area contributed by atoms with Crippen molar-refractivity contribution in [3.63, 3.8) is 0 Å². The van der Waals surface area contributed by atoms with Crippen LogP contribution in [0.15, 0.2) is 127 Å². The van der Waals surface area contributed by atoms with Gasteiger partial charge in [-0.3, -0.25) is 0 Å². The molecule has 0 amide bonds. The normalized spacial score (nSPS) is 16.4. The molecule has 1 heteroatoms. The molecule has 0 radical (unpaired) electrons. The van der Waals surface area contributed by atoms with E-state index < -0.39 is 5.41 Å². The molecule has 0 N–H and O–H groups in total. The lowest BCUT2D eigenvalue weighted by molar-refractivity contribution is 0.768. The van der Waals surface area contributed by atoms with E-state index in [4.69, 9.17) is 11.6 Å². The van der Waals surface area contributed by atoms with Gasteiger partial charge < -0.3 is 0 Å². The summed E-state index contributed by atoms with van der Waals surface area (Å²) < 4.78 is 0. The summed E-state index contributed by atoms with van der Waals surface area (Å²) in [5, 5.41) is 0.753. The van der Waals surface area contributed by atoms with Crippen molar-refractivity contribution in [2.24, 2.45) is 0 Å². The van der Waals surface area contributed by atoms with Gasteiger partial charge in [0, 0.05) is 5.02 Å². The van der Waals surface area contributed by atoms with Gasteiger partial charge in [-0.2, -0.15) is 0 Å². The van der Waals surface area contributed by atoms with Crippen LogP contribution in [0.3, 0.4) is 0 Å². The Hall–Kier alpha value is -3.61. The van der Waals surface area contributed by atoms with Crippen molar-refractivity contribution in [3.8, 4) is 22.3 Å². The minimum atomic E-state index is -0.428. The number of hydrogen-bond donors (Lipinski definition) is 0. The number of benzene rings is 5. The Bertz CT molecular complexity index is 1420. The maximum absolute atomic E-state index is 6.55. The van der Waals surface area contributed by atoms with Gasteiger partial charge in [-0.25, -0.2) is 0 Å². The molecule has 0 fully saturated rings. The first-order valence-corrected chi connectivity index (χ1v) is 11.3. The van der Waals surface area contributed by atoms with Gasteiger partial charge in [-0.15, -0.1) is 0 Å². The van der Waals surface area contributed by atoms with Gasteiger partial charge >= 0.3 is 0 Å². The highest BCUT2D eigenvalue weighted by Gasteiger charge is 2.46. The highest BCUT2D eigenvalue weighted by atomic mass is 35.5. The molecule has 1 atom stereocenters. The van der Waals surface area contributed by atoms with Crippen LogP contribution in [0.1, 0.15) is 22.3 Å². The molecule has 0 saturated heterocycles. The lowest BCUT2D eigenvalue weighted by atomic mass is 9.67. The first kappa shape index (κ1) is 19.1. The zero-order valence-corrected chi connectivity index (χ0v) is 18.3. The fourth-order valence-electron chi connectivity index (χ4n) is 5.39. The molecule has 1 unspecified atom stereocenters. The number of hydrogen-bond acceptors (Lipinski definition) is 0. The zero-order chi connectivity index (χ0) is 21.5. The summed E-state index contributed by atoms with van der Waals surface area (Å²) in [4.78, 5) is 0. The quantitative estimate of drug-likeness (QED) is 0.265. The first-order valence-electron chi connectivity index (χ1n) is 10.9. The predicted molar refractivity (Wildman–Crippen MR) is 134 cm³/mol. The van der Waals surface area contributed by atoms with Gasteiger partial charge in [0.15, 0.2) is 0 Å². The molecule has 1 aliphatic carbocycles. The molecule has 0 bridgehead atoms. The van der Waals surface area contributed by atoms with Gasteiger partial charge in [0.25, 0.3) is 0 Å². The van der Waals surface area contributed by atoms with Gasteiger partial charge in [0.1, 0.15) is 0 Å². The predicted octanol–water partition coefficient (Wildman–Crippen LogP) is 8.37. The van der Waals surface area contributed by atoms with Crippen molar-refractivity contribution in [2.45, 2.75) is 5.41 Å². The Morgan fingerprint density at radius 1 is 0.469 bits per heavy atom. The van der Waals surface area contributed by atoms with Crippen molar-refractivity contribution in [1.82, 2.24) is 0 Å². The van der Waals surface area contributed by atoms with Crippen LogP contribution in [0, 0.1) is 0 Å². The average molecular weight is 429 g/mol. The van der Waals surface area contributed by atoms with E-state index in [0.717, 1.165) is 5.02 Å². The van der Waals surface area contributed by atoms with E-state index in [0.29, 0.717) is 0 Å². The highest BCUT2D eigenvalue weighted by Crippen LogP contribution is 2.58. The molecule has 0 spiro atoms. The molecule has 0 aliphatic heterocycles. The molecule has 0 nitrogen and oxygen atoms in total. The second-order valence-electron chi connectivity index (χ2n) is 8.27. The van der Waals surface area contributed by atoms with Crippen molar-refractivity contribution in [2.75, 3.05) is 0 Å². The third-order valence-electron chi connectivity index (χ3n) is 6.62. The molecular formula is C31H21Cl. The van der Waals surface area contributed by atoms with E-state index in [1.165, 1.54) is 44.5 Å². The van der Waals surface area contributed by atoms with Gasteiger partial charge in [-0.1, -0.05) is 127 Å². The van der Waals surface area contributed by atoms with Crippen molar-refractivity contribution < 1.29 is 0 Å². The molecule has 1 aliphatic rings. The number of rotatable bonds is 3. The lowest BCUT2D eigenvalue weighted by Gasteiger charge is -2.34. The Morgan fingerprint density at radius 3 is 1.84 bits per heavy atom. The summed E-state index contributed by atoms with van der Waals surface area (Å²) in [5.74, 6) is 0. The molecule has 6 rings (SSSR count). The smallest absolute Gasteiger partial charge is 0.0714 e. The Balaban J connectivity index is 1.79. The van der Waals surface area contributed by atoms with Crippen LogP contribution >= 0.6 is 11.6 Å². The summed E-state index contributed by atoms with van der Waals surface area (Å²) in [6, 6.07) is 45.4. The van der Waals surface area contributed by atoms with E-state index in [9.17, 15) is 0 Å². The standard InChI is InChI=1S/C31H21Cl/c32-25-16-9-15-24(21-25)31(23-13-5-2-6-14-23)28-19-8-7-17-27(28)30-26(18-10-20-29(30)31)22-11-3-1-4-12-22/h1-21H. The molecule has 0 aromatic heterocycles. The molecule has 5 aromatic carbocycles. The topological polar surface area (TPSA) is 0 Å². The molecular weight excluding hydrogens is 408 g/mol. The van der Waals surface area contributed by atoms with Gasteiger partial charge in [0.05, 0.1) is 5.41 Å². The molecule has 0 saturated carbocycles. The van der Waals surface area contributed by atoms with E-state index in [1.807, 2.05) is 6.07 Å². The van der Waals surface area contributed by atoms with Crippen LogP contribution in [-0.4, -0.2) is 0 Å². The summed E-state index contributed by atoms with van der Waals surface area (Å²) in [5.41, 5.74) is 9.68. The average Bonchev–Trinajstić information content (AvgIpc) is 3.17. The third kappa shape index (κ3) is 2.70. The molecule has 0 heterocycles. The molecule has 5 aromatic rings. The second kappa shape index (κ2) is 7.51. The van der Waals surface area contributed by atoms with Crippen LogP contribution in [0.25, 0.3) is 22.3 Å². The maximum Gasteiger partial charge on any atom is 0.0714 e. The van der Waals surface area contributed by atoms with Gasteiger partial charge in [-0.05, 0) is 56.6 Å². The summed E-state index contributed by atoms with van der Waals surface area (Å²) in [7, 11) is 0. The first-order chi connectivity index (χ1) is 15.8. The van der Waals surface area contributed by atoms with E-state index in [-0.39, 0.29) is 0 Å². The van der Waals surface area contributed by atoms with Crippen molar-refractivity contribution >= 4 is 11.6 Å². The summed E-state index contributed by atoms with van der Waals surface area (Å²) in [6.45, 7) is 0. The molecule has 32 heavy (non-hydrogen) atoms. The largest absolute Gasteiger partial charge is 0.0843 e. The van der Waals surface area contributed by atoms with Crippen molar-refractivity contribution in [1.29, 1.82) is 0 Å². The Morgan fingerprint density at radius 2 is 1.06 bits per heavy atom. The van der Waals surface area contributed by atoms with Gasteiger partial charge in [0.2, 0.25) is 0 Å². The minimum absolute atomic E-state index is 0.428. The fourth-order valence-corrected chi connectivity index (χ4v) is 5.58. The maximum atomic E-state index is 6.55. The SMILES string of the molecule is Clc1cccc(C2(c3ccccc3)c3ccccc3-c3c(-c4ccccc4)cccc32)c1. The fraction of sp³-hybridized carbons (Fsp3) is 0.0323.